The lowest BCUT2D eigenvalue weighted by Crippen LogP contribution is -2.42. The molecule has 0 saturated heterocycles. The predicted molar refractivity (Wildman–Crippen MR) is 93.7 cm³/mol. The fourth-order valence-corrected chi connectivity index (χ4v) is 2.58. The molecule has 1 aliphatic carbocycles. The van der Waals surface area contributed by atoms with Gasteiger partial charge in [-0.1, -0.05) is 30.4 Å². The van der Waals surface area contributed by atoms with Gasteiger partial charge in [-0.2, -0.15) is 5.10 Å². The van der Waals surface area contributed by atoms with Crippen LogP contribution in [0.4, 0.5) is 0 Å². The highest BCUT2D eigenvalue weighted by atomic mass is 15.3. The number of rotatable bonds is 5. The Balaban J connectivity index is 1.64. The summed E-state index contributed by atoms with van der Waals surface area (Å²) in [6.07, 6.45) is 10.5. The summed E-state index contributed by atoms with van der Waals surface area (Å²) in [6.45, 7) is 3.55. The van der Waals surface area contributed by atoms with Gasteiger partial charge >= 0.3 is 0 Å². The molecular formula is C18H23N5. The third kappa shape index (κ3) is 4.22. The lowest BCUT2D eigenvalue weighted by molar-refractivity contribution is 0.633. The normalized spacial score (nSPS) is 15.1. The van der Waals surface area contributed by atoms with Crippen molar-refractivity contribution >= 4 is 5.96 Å². The fraction of sp³-hybridized carbons (Fsp3) is 0.333. The van der Waals surface area contributed by atoms with E-state index < -0.39 is 0 Å². The Hall–Kier alpha value is -2.56. The van der Waals surface area contributed by atoms with Crippen LogP contribution in [0, 0.1) is 0 Å². The number of hydrogen-bond acceptors (Lipinski definition) is 2. The number of para-hydroxylation sites is 1. The van der Waals surface area contributed by atoms with Crippen LogP contribution in [0.3, 0.4) is 0 Å². The van der Waals surface area contributed by atoms with Crippen molar-refractivity contribution in [2.45, 2.75) is 32.4 Å². The topological polar surface area (TPSA) is 54.2 Å². The van der Waals surface area contributed by atoms with E-state index in [9.17, 15) is 0 Å². The van der Waals surface area contributed by atoms with E-state index in [0.29, 0.717) is 12.6 Å². The molecule has 0 spiro atoms. The zero-order valence-electron chi connectivity index (χ0n) is 13.4. The average molecular weight is 309 g/mol. The first-order chi connectivity index (χ1) is 11.3. The van der Waals surface area contributed by atoms with E-state index in [1.54, 1.807) is 0 Å². The monoisotopic (exact) mass is 309 g/mol. The van der Waals surface area contributed by atoms with Crippen LogP contribution in [0.1, 0.15) is 25.3 Å². The molecule has 1 aromatic carbocycles. The molecule has 3 rings (SSSR count). The summed E-state index contributed by atoms with van der Waals surface area (Å²) in [6, 6.07) is 10.6. The number of benzene rings is 1. The van der Waals surface area contributed by atoms with E-state index in [-0.39, 0.29) is 0 Å². The smallest absolute Gasteiger partial charge is 0.191 e. The van der Waals surface area contributed by atoms with Crippen LogP contribution >= 0.6 is 0 Å². The van der Waals surface area contributed by atoms with Crippen molar-refractivity contribution < 1.29 is 0 Å². The SMILES string of the molecule is CCNC(=NCc1cnn(-c2ccccc2)c1)NC1CC=CC1. The molecule has 120 valence electrons. The van der Waals surface area contributed by atoms with Gasteiger partial charge in [-0.3, -0.25) is 0 Å². The van der Waals surface area contributed by atoms with E-state index >= 15 is 0 Å². The van der Waals surface area contributed by atoms with Crippen LogP contribution in [0.25, 0.3) is 5.69 Å². The van der Waals surface area contributed by atoms with Gasteiger partial charge in [0.05, 0.1) is 18.4 Å². The Labute approximate surface area is 137 Å². The molecule has 0 bridgehead atoms. The highest BCUT2D eigenvalue weighted by Gasteiger charge is 2.11. The average Bonchev–Trinajstić information content (AvgIpc) is 3.25. The molecule has 1 heterocycles. The molecule has 5 heteroatoms. The molecule has 0 amide bonds. The zero-order valence-corrected chi connectivity index (χ0v) is 13.4. The fourth-order valence-electron chi connectivity index (χ4n) is 2.58. The van der Waals surface area contributed by atoms with Crippen molar-refractivity contribution in [2.24, 2.45) is 4.99 Å². The molecule has 0 radical (unpaired) electrons. The van der Waals surface area contributed by atoms with Gasteiger partial charge in [0.2, 0.25) is 0 Å². The summed E-state index contributed by atoms with van der Waals surface area (Å²) in [7, 11) is 0. The molecule has 0 saturated carbocycles. The lowest BCUT2D eigenvalue weighted by atomic mass is 10.2. The number of aliphatic imine (C=N–C) groups is 1. The van der Waals surface area contributed by atoms with E-state index in [4.69, 9.17) is 0 Å². The van der Waals surface area contributed by atoms with Gasteiger partial charge in [-0.15, -0.1) is 0 Å². The van der Waals surface area contributed by atoms with Crippen molar-refractivity contribution in [3.63, 3.8) is 0 Å². The summed E-state index contributed by atoms with van der Waals surface area (Å²) in [5.41, 5.74) is 2.15. The Kier molecular flexibility index (Phi) is 5.09. The lowest BCUT2D eigenvalue weighted by Gasteiger charge is -2.16. The van der Waals surface area contributed by atoms with E-state index in [1.807, 2.05) is 47.4 Å². The largest absolute Gasteiger partial charge is 0.357 e. The maximum absolute atomic E-state index is 4.67. The minimum Gasteiger partial charge on any atom is -0.357 e. The Morgan fingerprint density at radius 3 is 2.78 bits per heavy atom. The van der Waals surface area contributed by atoms with Crippen molar-refractivity contribution in [3.05, 3.63) is 60.4 Å². The van der Waals surface area contributed by atoms with Crippen LogP contribution in [0.5, 0.6) is 0 Å². The molecule has 5 nitrogen and oxygen atoms in total. The van der Waals surface area contributed by atoms with Crippen molar-refractivity contribution in [1.82, 2.24) is 20.4 Å². The summed E-state index contributed by atoms with van der Waals surface area (Å²) in [5, 5.41) is 11.2. The summed E-state index contributed by atoms with van der Waals surface area (Å²) >= 11 is 0. The van der Waals surface area contributed by atoms with Crippen LogP contribution in [-0.2, 0) is 6.54 Å². The molecule has 2 N–H and O–H groups in total. The van der Waals surface area contributed by atoms with E-state index in [0.717, 1.165) is 36.6 Å². The van der Waals surface area contributed by atoms with Gasteiger partial charge in [-0.25, -0.2) is 9.67 Å². The maximum Gasteiger partial charge on any atom is 0.191 e. The van der Waals surface area contributed by atoms with Gasteiger partial charge < -0.3 is 10.6 Å². The standard InChI is InChI=1S/C18H23N5/c1-2-19-18(22-16-8-6-7-9-16)20-12-15-13-21-23(14-15)17-10-4-3-5-11-17/h3-7,10-11,13-14,16H,2,8-9,12H2,1H3,(H2,19,20,22). The molecule has 0 fully saturated rings. The summed E-state index contributed by atoms with van der Waals surface area (Å²) in [5.74, 6) is 0.869. The molecule has 0 atom stereocenters. The van der Waals surface area contributed by atoms with Crippen LogP contribution < -0.4 is 10.6 Å². The van der Waals surface area contributed by atoms with Gasteiger partial charge in [0, 0.05) is 24.3 Å². The van der Waals surface area contributed by atoms with E-state index in [1.165, 1.54) is 0 Å². The van der Waals surface area contributed by atoms with Crippen molar-refractivity contribution in [1.29, 1.82) is 0 Å². The zero-order chi connectivity index (χ0) is 15.9. The second-order valence-electron chi connectivity index (χ2n) is 5.61. The highest BCUT2D eigenvalue weighted by Crippen LogP contribution is 2.10. The second-order valence-corrected chi connectivity index (χ2v) is 5.61. The number of hydrogen-bond donors (Lipinski definition) is 2. The second kappa shape index (κ2) is 7.63. The highest BCUT2D eigenvalue weighted by molar-refractivity contribution is 5.80. The Bertz CT molecular complexity index is 664. The minimum atomic E-state index is 0.458. The summed E-state index contributed by atoms with van der Waals surface area (Å²) in [4.78, 5) is 4.67. The van der Waals surface area contributed by atoms with Crippen molar-refractivity contribution in [2.75, 3.05) is 6.54 Å². The van der Waals surface area contributed by atoms with Crippen molar-refractivity contribution in [3.8, 4) is 5.69 Å². The minimum absolute atomic E-state index is 0.458. The third-order valence-electron chi connectivity index (χ3n) is 3.77. The molecule has 0 unspecified atom stereocenters. The first kappa shape index (κ1) is 15.3. The number of nitrogens with zero attached hydrogens (tertiary/aromatic N) is 3. The number of guanidine groups is 1. The maximum atomic E-state index is 4.67. The number of aromatic nitrogens is 2. The predicted octanol–water partition coefficient (Wildman–Crippen LogP) is 2.65. The quantitative estimate of drug-likeness (QED) is 0.507. The van der Waals surface area contributed by atoms with Gasteiger partial charge in [0.25, 0.3) is 0 Å². The van der Waals surface area contributed by atoms with Gasteiger partial charge in [0.1, 0.15) is 0 Å². The molecule has 0 aliphatic heterocycles. The van der Waals surface area contributed by atoms with Crippen LogP contribution in [-0.4, -0.2) is 28.3 Å². The first-order valence-corrected chi connectivity index (χ1v) is 8.14. The van der Waals surface area contributed by atoms with Gasteiger partial charge in [0.15, 0.2) is 5.96 Å². The Morgan fingerprint density at radius 2 is 2.04 bits per heavy atom. The van der Waals surface area contributed by atoms with Gasteiger partial charge in [-0.05, 0) is 31.9 Å². The molecule has 2 aromatic rings. The molecule has 1 aromatic heterocycles. The van der Waals surface area contributed by atoms with E-state index in [2.05, 4.69) is 39.8 Å². The van der Waals surface area contributed by atoms with Crippen LogP contribution in [0.2, 0.25) is 0 Å². The molecular weight excluding hydrogens is 286 g/mol. The molecule has 1 aliphatic rings. The third-order valence-corrected chi connectivity index (χ3v) is 3.77. The molecule has 23 heavy (non-hydrogen) atoms. The first-order valence-electron chi connectivity index (χ1n) is 8.14. The van der Waals surface area contributed by atoms with Crippen LogP contribution in [0.15, 0.2) is 59.9 Å². The summed E-state index contributed by atoms with van der Waals surface area (Å²) < 4.78 is 1.88. The Morgan fingerprint density at radius 1 is 1.26 bits per heavy atom. The number of nitrogens with one attached hydrogen (secondary N) is 2.